The second-order valence-electron chi connectivity index (χ2n) is 8.10. The Hall–Kier alpha value is -4.27. The van der Waals surface area contributed by atoms with Gasteiger partial charge < -0.3 is 10.6 Å². The molecule has 1 aromatic heterocycles. The molecule has 3 aromatic carbocycles. The molecule has 36 heavy (non-hydrogen) atoms. The number of aromatic nitrogens is 1. The molecular weight excluding hydrogens is 477 g/mol. The number of urea groups is 1. The SMILES string of the molecule is O=C(Nc1cc(F)cc(F)c1)NC(Cc1ccccc1)(c1cccc(C(F)(F)F)c1)c1ccccn1. The van der Waals surface area contributed by atoms with E-state index < -0.39 is 34.9 Å². The molecule has 184 valence electrons. The number of rotatable bonds is 6. The number of carbonyl (C=O) groups is 1. The van der Waals surface area contributed by atoms with Gasteiger partial charge in [0.25, 0.3) is 0 Å². The highest BCUT2D eigenvalue weighted by Crippen LogP contribution is 2.37. The number of benzene rings is 3. The number of anilines is 1. The molecule has 1 unspecified atom stereocenters. The number of halogens is 5. The maximum atomic E-state index is 13.7. The van der Waals surface area contributed by atoms with Gasteiger partial charge in [-0.1, -0.05) is 48.5 Å². The van der Waals surface area contributed by atoms with Crippen LogP contribution in [0.3, 0.4) is 0 Å². The molecule has 4 nitrogen and oxygen atoms in total. The highest BCUT2D eigenvalue weighted by Gasteiger charge is 2.40. The van der Waals surface area contributed by atoms with Crippen molar-refractivity contribution in [2.75, 3.05) is 5.32 Å². The molecule has 2 N–H and O–H groups in total. The average molecular weight is 497 g/mol. The number of carbonyl (C=O) groups excluding carboxylic acids is 1. The van der Waals surface area contributed by atoms with Crippen molar-refractivity contribution in [1.29, 1.82) is 0 Å². The van der Waals surface area contributed by atoms with Gasteiger partial charge in [0.05, 0.1) is 11.3 Å². The minimum atomic E-state index is -4.63. The van der Waals surface area contributed by atoms with Gasteiger partial charge in [-0.25, -0.2) is 13.6 Å². The fourth-order valence-corrected chi connectivity index (χ4v) is 3.98. The summed E-state index contributed by atoms with van der Waals surface area (Å²) < 4.78 is 68.2. The van der Waals surface area contributed by atoms with Crippen molar-refractivity contribution >= 4 is 11.7 Å². The van der Waals surface area contributed by atoms with E-state index in [-0.39, 0.29) is 23.4 Å². The quantitative estimate of drug-likeness (QED) is 0.292. The Morgan fingerprint density at radius 1 is 0.778 bits per heavy atom. The Morgan fingerprint density at radius 3 is 2.08 bits per heavy atom. The summed E-state index contributed by atoms with van der Waals surface area (Å²) in [6, 6.07) is 20.0. The Bertz CT molecular complexity index is 1330. The van der Waals surface area contributed by atoms with Crippen LogP contribution in [0.25, 0.3) is 0 Å². The summed E-state index contributed by atoms with van der Waals surface area (Å²) in [5.74, 6) is -1.80. The van der Waals surface area contributed by atoms with Crippen molar-refractivity contribution in [3.05, 3.63) is 131 Å². The van der Waals surface area contributed by atoms with Crippen LogP contribution < -0.4 is 10.6 Å². The second-order valence-corrected chi connectivity index (χ2v) is 8.10. The maximum Gasteiger partial charge on any atom is 0.416 e. The van der Waals surface area contributed by atoms with Crippen LogP contribution in [-0.4, -0.2) is 11.0 Å². The van der Waals surface area contributed by atoms with Crippen LogP contribution in [0.5, 0.6) is 0 Å². The first kappa shape index (κ1) is 24.8. The standard InChI is InChI=1S/C27H20F5N3O/c28-21-14-22(29)16-23(15-21)34-25(36)35-26(24-11-4-5-12-33-24,17-18-7-2-1-3-8-18)19-9-6-10-20(13-19)27(30,31)32/h1-16H,17H2,(H2,34,35,36). The van der Waals surface area contributed by atoms with E-state index >= 15 is 0 Å². The van der Waals surface area contributed by atoms with E-state index in [1.54, 1.807) is 48.5 Å². The van der Waals surface area contributed by atoms with Gasteiger partial charge >= 0.3 is 12.2 Å². The maximum absolute atomic E-state index is 13.7. The number of hydrogen-bond acceptors (Lipinski definition) is 2. The van der Waals surface area contributed by atoms with E-state index in [1.165, 1.54) is 18.3 Å². The molecule has 0 saturated carbocycles. The first-order valence-electron chi connectivity index (χ1n) is 10.8. The van der Waals surface area contributed by atoms with Crippen LogP contribution in [0.15, 0.2) is 97.2 Å². The van der Waals surface area contributed by atoms with Crippen LogP contribution >= 0.6 is 0 Å². The Kier molecular flexibility index (Phi) is 7.00. The van der Waals surface area contributed by atoms with Gasteiger partial charge in [-0.3, -0.25) is 4.98 Å². The molecule has 1 heterocycles. The highest BCUT2D eigenvalue weighted by atomic mass is 19.4. The molecule has 0 radical (unpaired) electrons. The van der Waals surface area contributed by atoms with E-state index in [9.17, 15) is 26.7 Å². The first-order chi connectivity index (χ1) is 17.2. The lowest BCUT2D eigenvalue weighted by molar-refractivity contribution is -0.137. The lowest BCUT2D eigenvalue weighted by atomic mass is 9.80. The normalized spacial score (nSPS) is 13.0. The molecule has 1 atom stereocenters. The van der Waals surface area contributed by atoms with Gasteiger partial charge in [0.15, 0.2) is 0 Å². The molecule has 9 heteroatoms. The zero-order chi connectivity index (χ0) is 25.8. The third kappa shape index (κ3) is 5.68. The minimum Gasteiger partial charge on any atom is -0.322 e. The summed E-state index contributed by atoms with van der Waals surface area (Å²) in [7, 11) is 0. The zero-order valence-electron chi connectivity index (χ0n) is 18.7. The smallest absolute Gasteiger partial charge is 0.322 e. The number of amides is 2. The van der Waals surface area contributed by atoms with Gasteiger partial charge in [-0.2, -0.15) is 13.2 Å². The van der Waals surface area contributed by atoms with E-state index in [4.69, 9.17) is 0 Å². The average Bonchev–Trinajstić information content (AvgIpc) is 2.83. The van der Waals surface area contributed by atoms with Gasteiger partial charge in [-0.15, -0.1) is 0 Å². The van der Waals surface area contributed by atoms with E-state index in [2.05, 4.69) is 15.6 Å². The summed E-state index contributed by atoms with van der Waals surface area (Å²) in [6.45, 7) is 0. The molecule has 0 aliphatic rings. The predicted molar refractivity (Wildman–Crippen MR) is 125 cm³/mol. The molecular formula is C27H20F5N3O. The summed E-state index contributed by atoms with van der Waals surface area (Å²) in [5.41, 5.74) is -1.53. The van der Waals surface area contributed by atoms with Crippen molar-refractivity contribution in [3.63, 3.8) is 0 Å². The predicted octanol–water partition coefficient (Wildman–Crippen LogP) is 6.69. The molecule has 0 saturated heterocycles. The van der Waals surface area contributed by atoms with Gasteiger partial charge in [-0.05, 0) is 47.5 Å². The van der Waals surface area contributed by atoms with Crippen molar-refractivity contribution in [2.24, 2.45) is 0 Å². The Labute approximate surface area is 203 Å². The van der Waals surface area contributed by atoms with Crippen LogP contribution in [-0.2, 0) is 18.1 Å². The summed E-state index contributed by atoms with van der Waals surface area (Å²) in [5, 5.41) is 5.12. The van der Waals surface area contributed by atoms with Crippen molar-refractivity contribution in [2.45, 2.75) is 18.1 Å². The lowest BCUT2D eigenvalue weighted by Gasteiger charge is -2.35. The van der Waals surface area contributed by atoms with Crippen LogP contribution in [0.4, 0.5) is 32.4 Å². The molecule has 0 aliphatic carbocycles. The molecule has 2 amide bonds. The first-order valence-corrected chi connectivity index (χ1v) is 10.8. The number of nitrogens with zero attached hydrogens (tertiary/aromatic N) is 1. The van der Waals surface area contributed by atoms with E-state index in [0.717, 1.165) is 24.3 Å². The molecule has 0 aliphatic heterocycles. The van der Waals surface area contributed by atoms with Crippen LogP contribution in [0.1, 0.15) is 22.4 Å². The topological polar surface area (TPSA) is 54.0 Å². The fraction of sp³-hybridized carbons (Fsp3) is 0.111. The third-order valence-electron chi connectivity index (χ3n) is 5.54. The molecule has 4 rings (SSSR count). The molecule has 4 aromatic rings. The summed E-state index contributed by atoms with van der Waals surface area (Å²) in [6.07, 6.45) is -3.12. The number of pyridine rings is 1. The van der Waals surface area contributed by atoms with Crippen LogP contribution in [0.2, 0.25) is 0 Å². The lowest BCUT2D eigenvalue weighted by Crippen LogP contribution is -2.50. The molecule has 0 bridgehead atoms. The highest BCUT2D eigenvalue weighted by molar-refractivity contribution is 5.90. The number of nitrogens with one attached hydrogen (secondary N) is 2. The minimum absolute atomic E-state index is 0.0388. The number of hydrogen-bond donors (Lipinski definition) is 2. The van der Waals surface area contributed by atoms with Crippen LogP contribution in [0, 0.1) is 11.6 Å². The Morgan fingerprint density at radius 2 is 1.44 bits per heavy atom. The summed E-state index contributed by atoms with van der Waals surface area (Å²) in [4.78, 5) is 17.5. The second kappa shape index (κ2) is 10.2. The van der Waals surface area contributed by atoms with Crippen molar-refractivity contribution in [3.8, 4) is 0 Å². The van der Waals surface area contributed by atoms with Gasteiger partial charge in [0.1, 0.15) is 17.2 Å². The number of alkyl halides is 3. The fourth-order valence-electron chi connectivity index (χ4n) is 3.98. The van der Waals surface area contributed by atoms with Crippen molar-refractivity contribution in [1.82, 2.24) is 10.3 Å². The summed E-state index contributed by atoms with van der Waals surface area (Å²) >= 11 is 0. The largest absolute Gasteiger partial charge is 0.416 e. The third-order valence-corrected chi connectivity index (χ3v) is 5.54. The molecule has 0 spiro atoms. The molecule has 0 fully saturated rings. The van der Waals surface area contributed by atoms with E-state index in [0.29, 0.717) is 11.6 Å². The zero-order valence-corrected chi connectivity index (χ0v) is 18.7. The van der Waals surface area contributed by atoms with Gasteiger partial charge in [0, 0.05) is 24.4 Å². The Balaban J connectivity index is 1.85. The monoisotopic (exact) mass is 497 g/mol. The van der Waals surface area contributed by atoms with E-state index in [1.807, 2.05) is 0 Å². The van der Waals surface area contributed by atoms with Crippen molar-refractivity contribution < 1.29 is 26.7 Å². The van der Waals surface area contributed by atoms with Gasteiger partial charge in [0.2, 0.25) is 0 Å².